The second-order valence-corrected chi connectivity index (χ2v) is 8.85. The SMILES string of the molecule is COc1ccc(CNC(=O)[C@H]2CCCN(c3nccnc3Sc3ccccc3)C2)cc1OC. The monoisotopic (exact) mass is 464 g/mol. The molecule has 1 saturated heterocycles. The fourth-order valence-electron chi connectivity index (χ4n) is 3.91. The molecule has 1 amide bonds. The number of hydrogen-bond acceptors (Lipinski definition) is 7. The number of piperidine rings is 1. The Bertz CT molecular complexity index is 1080. The Kier molecular flexibility index (Phi) is 7.67. The van der Waals surface area contributed by atoms with E-state index >= 15 is 0 Å². The fourth-order valence-corrected chi connectivity index (χ4v) is 4.82. The molecule has 1 atom stereocenters. The molecule has 0 saturated carbocycles. The topological polar surface area (TPSA) is 76.6 Å². The van der Waals surface area contributed by atoms with Crippen LogP contribution in [-0.2, 0) is 11.3 Å². The molecule has 3 aromatic rings. The van der Waals surface area contributed by atoms with Crippen molar-refractivity contribution in [3.8, 4) is 11.5 Å². The number of ether oxygens (including phenoxy) is 2. The molecular weight excluding hydrogens is 436 g/mol. The molecule has 2 heterocycles. The first kappa shape index (κ1) is 22.9. The van der Waals surface area contributed by atoms with Crippen molar-refractivity contribution in [1.29, 1.82) is 0 Å². The lowest BCUT2D eigenvalue weighted by molar-refractivity contribution is -0.125. The van der Waals surface area contributed by atoms with E-state index in [9.17, 15) is 4.79 Å². The Morgan fingerprint density at radius 3 is 2.67 bits per heavy atom. The zero-order valence-corrected chi connectivity index (χ0v) is 19.7. The van der Waals surface area contributed by atoms with Crippen molar-refractivity contribution >= 4 is 23.5 Å². The van der Waals surface area contributed by atoms with Gasteiger partial charge in [-0.3, -0.25) is 4.79 Å². The zero-order valence-electron chi connectivity index (χ0n) is 18.9. The van der Waals surface area contributed by atoms with E-state index in [-0.39, 0.29) is 11.8 Å². The molecule has 0 unspecified atom stereocenters. The summed E-state index contributed by atoms with van der Waals surface area (Å²) in [5, 5.41) is 3.94. The van der Waals surface area contributed by atoms with Crippen molar-refractivity contribution in [1.82, 2.24) is 15.3 Å². The number of nitrogens with one attached hydrogen (secondary N) is 1. The minimum absolute atomic E-state index is 0.0515. The number of carbonyl (C=O) groups excluding carboxylic acids is 1. The first-order valence-electron chi connectivity index (χ1n) is 11.0. The van der Waals surface area contributed by atoms with Gasteiger partial charge in [-0.25, -0.2) is 9.97 Å². The van der Waals surface area contributed by atoms with Crippen molar-refractivity contribution in [2.24, 2.45) is 5.92 Å². The molecule has 0 bridgehead atoms. The molecule has 1 aliphatic rings. The number of benzene rings is 2. The van der Waals surface area contributed by atoms with Crippen molar-refractivity contribution < 1.29 is 14.3 Å². The predicted molar refractivity (Wildman–Crippen MR) is 129 cm³/mol. The molecule has 2 aromatic carbocycles. The van der Waals surface area contributed by atoms with E-state index < -0.39 is 0 Å². The van der Waals surface area contributed by atoms with Crippen LogP contribution in [0.2, 0.25) is 0 Å². The van der Waals surface area contributed by atoms with Gasteiger partial charge in [0.05, 0.1) is 20.1 Å². The van der Waals surface area contributed by atoms with E-state index in [1.165, 1.54) is 0 Å². The zero-order chi connectivity index (χ0) is 23.0. The van der Waals surface area contributed by atoms with Crippen LogP contribution in [0.1, 0.15) is 18.4 Å². The number of rotatable bonds is 8. The third kappa shape index (κ3) is 5.76. The molecular formula is C25H28N4O3S. The number of amides is 1. The Hall–Kier alpha value is -3.26. The number of anilines is 1. The first-order chi connectivity index (χ1) is 16.2. The molecule has 1 aliphatic heterocycles. The van der Waals surface area contributed by atoms with Crippen molar-refractivity contribution in [3.63, 3.8) is 0 Å². The highest BCUT2D eigenvalue weighted by Crippen LogP contribution is 2.34. The van der Waals surface area contributed by atoms with Gasteiger partial charge in [0.2, 0.25) is 5.91 Å². The van der Waals surface area contributed by atoms with Crippen molar-refractivity contribution in [2.45, 2.75) is 29.3 Å². The smallest absolute Gasteiger partial charge is 0.225 e. The van der Waals surface area contributed by atoms with E-state index in [2.05, 4.69) is 32.3 Å². The molecule has 0 spiro atoms. The van der Waals surface area contributed by atoms with E-state index in [0.717, 1.165) is 40.7 Å². The molecule has 33 heavy (non-hydrogen) atoms. The summed E-state index contributed by atoms with van der Waals surface area (Å²) in [5.74, 6) is 2.11. The summed E-state index contributed by atoms with van der Waals surface area (Å²) in [6, 6.07) is 15.8. The van der Waals surface area contributed by atoms with Gasteiger partial charge >= 0.3 is 0 Å². The summed E-state index contributed by atoms with van der Waals surface area (Å²) in [6.07, 6.45) is 5.22. The second kappa shape index (κ2) is 11.0. The molecule has 8 heteroatoms. The normalized spacial score (nSPS) is 15.7. The number of carbonyl (C=O) groups is 1. The third-order valence-corrected chi connectivity index (χ3v) is 6.60. The summed E-state index contributed by atoms with van der Waals surface area (Å²) >= 11 is 1.59. The highest BCUT2D eigenvalue weighted by Gasteiger charge is 2.28. The van der Waals surface area contributed by atoms with Crippen LogP contribution in [0.3, 0.4) is 0 Å². The summed E-state index contributed by atoms with van der Waals surface area (Å²) < 4.78 is 10.6. The van der Waals surface area contributed by atoms with Gasteiger partial charge in [-0.1, -0.05) is 36.0 Å². The average molecular weight is 465 g/mol. The predicted octanol–water partition coefficient (Wildman–Crippen LogP) is 4.18. The van der Waals surface area contributed by atoms with Gasteiger partial charge in [0.25, 0.3) is 0 Å². The largest absolute Gasteiger partial charge is 0.493 e. The number of hydrogen-bond donors (Lipinski definition) is 1. The van der Waals surface area contributed by atoms with Gasteiger partial charge in [-0.2, -0.15) is 0 Å². The first-order valence-corrected chi connectivity index (χ1v) is 11.8. The van der Waals surface area contributed by atoms with Crippen molar-refractivity contribution in [3.05, 3.63) is 66.5 Å². The molecule has 0 radical (unpaired) electrons. The van der Waals surface area contributed by atoms with Crippen LogP contribution in [0.5, 0.6) is 11.5 Å². The Morgan fingerprint density at radius 1 is 1.09 bits per heavy atom. The van der Waals surface area contributed by atoms with E-state index in [1.54, 1.807) is 38.4 Å². The molecule has 7 nitrogen and oxygen atoms in total. The van der Waals surface area contributed by atoms with Gasteiger partial charge in [-0.15, -0.1) is 0 Å². The highest BCUT2D eigenvalue weighted by molar-refractivity contribution is 7.99. The van der Waals surface area contributed by atoms with Gasteiger partial charge in [0.1, 0.15) is 5.03 Å². The van der Waals surface area contributed by atoms with Gasteiger partial charge in [0, 0.05) is 36.9 Å². The summed E-state index contributed by atoms with van der Waals surface area (Å²) in [5.41, 5.74) is 0.962. The van der Waals surface area contributed by atoms with E-state index in [4.69, 9.17) is 9.47 Å². The van der Waals surface area contributed by atoms with Crippen LogP contribution in [-0.4, -0.2) is 43.2 Å². The van der Waals surface area contributed by atoms with Gasteiger partial charge < -0.3 is 19.7 Å². The Morgan fingerprint density at radius 2 is 1.88 bits per heavy atom. The maximum atomic E-state index is 13.0. The maximum Gasteiger partial charge on any atom is 0.225 e. The lowest BCUT2D eigenvalue weighted by atomic mass is 9.97. The van der Waals surface area contributed by atoms with Crippen LogP contribution in [0.4, 0.5) is 5.82 Å². The number of nitrogens with zero attached hydrogens (tertiary/aromatic N) is 3. The fraction of sp³-hybridized carbons (Fsp3) is 0.320. The second-order valence-electron chi connectivity index (χ2n) is 7.79. The van der Waals surface area contributed by atoms with E-state index in [0.29, 0.717) is 24.6 Å². The lowest BCUT2D eigenvalue weighted by Gasteiger charge is -2.33. The molecule has 1 aromatic heterocycles. The van der Waals surface area contributed by atoms with Gasteiger partial charge in [0.15, 0.2) is 17.3 Å². The van der Waals surface area contributed by atoms with Crippen LogP contribution in [0.25, 0.3) is 0 Å². The molecule has 0 aliphatic carbocycles. The summed E-state index contributed by atoms with van der Waals surface area (Å²) in [6.45, 7) is 1.93. The molecule has 1 N–H and O–H groups in total. The quantitative estimate of drug-likeness (QED) is 0.536. The summed E-state index contributed by atoms with van der Waals surface area (Å²) in [4.78, 5) is 25.4. The van der Waals surface area contributed by atoms with Crippen LogP contribution in [0.15, 0.2) is 70.8 Å². The maximum absolute atomic E-state index is 13.0. The lowest BCUT2D eigenvalue weighted by Crippen LogP contribution is -2.43. The molecule has 172 valence electrons. The standard InChI is InChI=1S/C25H28N4O3S/c1-31-21-11-10-18(15-22(21)32-2)16-28-24(30)19-7-6-14-29(17-19)23-25(27-13-12-26-23)33-20-8-4-3-5-9-20/h3-5,8-13,15,19H,6-7,14,16-17H2,1-2H3,(H,28,30)/t19-/m0/s1. The van der Waals surface area contributed by atoms with Crippen LogP contribution in [0, 0.1) is 5.92 Å². The minimum atomic E-state index is -0.101. The molecule has 1 fully saturated rings. The molecule has 4 rings (SSSR count). The Balaban J connectivity index is 1.40. The summed E-state index contributed by atoms with van der Waals surface area (Å²) in [7, 11) is 3.21. The number of aromatic nitrogens is 2. The average Bonchev–Trinajstić information content (AvgIpc) is 2.88. The van der Waals surface area contributed by atoms with Crippen LogP contribution >= 0.6 is 11.8 Å². The van der Waals surface area contributed by atoms with Crippen LogP contribution < -0.4 is 19.7 Å². The van der Waals surface area contributed by atoms with E-state index in [1.807, 2.05) is 36.4 Å². The number of methoxy groups -OCH3 is 2. The highest BCUT2D eigenvalue weighted by atomic mass is 32.2. The van der Waals surface area contributed by atoms with Gasteiger partial charge in [-0.05, 0) is 42.7 Å². The Labute approximate surface area is 198 Å². The van der Waals surface area contributed by atoms with Crippen molar-refractivity contribution in [2.75, 3.05) is 32.2 Å². The minimum Gasteiger partial charge on any atom is -0.493 e. The third-order valence-electron chi connectivity index (χ3n) is 5.61.